The number of carbonyl (C=O) groups excluding carboxylic acids is 1. The third kappa shape index (κ3) is 3.26. The van der Waals surface area contributed by atoms with Gasteiger partial charge < -0.3 is 18.5 Å². The highest BCUT2D eigenvalue weighted by atomic mass is 32.2. The molecule has 3 aromatic rings. The smallest absolute Gasteiger partial charge is 0.289 e. The van der Waals surface area contributed by atoms with Crippen LogP contribution in [0.25, 0.3) is 11.0 Å². The number of fused-ring (bicyclic) bond motifs is 1. The number of benzene rings is 1. The zero-order valence-electron chi connectivity index (χ0n) is 13.9. The first-order chi connectivity index (χ1) is 12.2. The second kappa shape index (κ2) is 6.88. The molecule has 130 valence electrons. The van der Waals surface area contributed by atoms with Crippen LogP contribution in [0, 0.1) is 0 Å². The van der Waals surface area contributed by atoms with Crippen LogP contribution >= 0.6 is 11.8 Å². The third-order valence-corrected chi connectivity index (χ3v) is 5.71. The van der Waals surface area contributed by atoms with Gasteiger partial charge in [-0.2, -0.15) is 0 Å². The summed E-state index contributed by atoms with van der Waals surface area (Å²) in [5, 5.41) is 1.17. The largest absolute Gasteiger partial charge is 0.497 e. The standard InChI is InChI=1S/C19H19NO4S/c1-22-14-4-5-15-13(11-14)12-17(24-15)19(21)20-7-6-18(25-10-8-20)16-3-2-9-23-16/h2-5,9,11-12,18H,6-8,10H2,1H3. The molecular formula is C19H19NO4S. The number of amides is 1. The summed E-state index contributed by atoms with van der Waals surface area (Å²) in [4.78, 5) is 14.7. The molecule has 3 heterocycles. The first-order valence-electron chi connectivity index (χ1n) is 8.26. The summed E-state index contributed by atoms with van der Waals surface area (Å²) in [5.41, 5.74) is 0.696. The maximum absolute atomic E-state index is 12.8. The number of thioether (sulfide) groups is 1. The second-order valence-corrected chi connectivity index (χ2v) is 7.28. The Kier molecular flexibility index (Phi) is 4.44. The number of carbonyl (C=O) groups is 1. The van der Waals surface area contributed by atoms with Crippen LogP contribution in [0.1, 0.15) is 28.0 Å². The Balaban J connectivity index is 1.50. The van der Waals surface area contributed by atoms with Gasteiger partial charge in [0.1, 0.15) is 17.1 Å². The molecule has 5 nitrogen and oxygen atoms in total. The molecular weight excluding hydrogens is 338 g/mol. The number of hydrogen-bond acceptors (Lipinski definition) is 5. The van der Waals surface area contributed by atoms with Crippen molar-refractivity contribution in [2.45, 2.75) is 11.7 Å². The van der Waals surface area contributed by atoms with E-state index in [1.165, 1.54) is 0 Å². The topological polar surface area (TPSA) is 55.8 Å². The van der Waals surface area contributed by atoms with Gasteiger partial charge >= 0.3 is 0 Å². The third-order valence-electron chi connectivity index (χ3n) is 4.42. The highest BCUT2D eigenvalue weighted by Gasteiger charge is 2.26. The van der Waals surface area contributed by atoms with Gasteiger partial charge in [-0.15, -0.1) is 11.8 Å². The Morgan fingerprint density at radius 1 is 1.28 bits per heavy atom. The fourth-order valence-corrected chi connectivity index (χ4v) is 4.27. The summed E-state index contributed by atoms with van der Waals surface area (Å²) < 4.78 is 16.5. The van der Waals surface area contributed by atoms with Gasteiger partial charge in [-0.3, -0.25) is 4.79 Å². The van der Waals surface area contributed by atoms with E-state index in [4.69, 9.17) is 13.6 Å². The van der Waals surface area contributed by atoms with Crippen molar-refractivity contribution in [2.24, 2.45) is 0 Å². The summed E-state index contributed by atoms with van der Waals surface area (Å²) in [6, 6.07) is 11.2. The number of rotatable bonds is 3. The van der Waals surface area contributed by atoms with Crippen LogP contribution in [-0.4, -0.2) is 36.8 Å². The highest BCUT2D eigenvalue weighted by molar-refractivity contribution is 7.99. The van der Waals surface area contributed by atoms with Gasteiger partial charge in [0.05, 0.1) is 18.6 Å². The van der Waals surface area contributed by atoms with Crippen LogP contribution in [0.15, 0.2) is 51.5 Å². The molecule has 1 saturated heterocycles. The van der Waals surface area contributed by atoms with Crippen molar-refractivity contribution in [1.82, 2.24) is 4.90 Å². The number of nitrogens with zero attached hydrogens (tertiary/aromatic N) is 1. The maximum atomic E-state index is 12.8. The molecule has 0 aliphatic carbocycles. The average molecular weight is 357 g/mol. The Labute approximate surface area is 149 Å². The van der Waals surface area contributed by atoms with E-state index in [9.17, 15) is 4.79 Å². The highest BCUT2D eigenvalue weighted by Crippen LogP contribution is 2.35. The van der Waals surface area contributed by atoms with E-state index in [2.05, 4.69) is 0 Å². The molecule has 0 bridgehead atoms. The van der Waals surface area contributed by atoms with Gasteiger partial charge in [0.15, 0.2) is 5.76 Å². The van der Waals surface area contributed by atoms with Gasteiger partial charge in [0.2, 0.25) is 0 Å². The van der Waals surface area contributed by atoms with Gasteiger partial charge in [-0.05, 0) is 42.8 Å². The van der Waals surface area contributed by atoms with Gasteiger partial charge in [-0.1, -0.05) is 0 Å². The molecule has 4 rings (SSSR count). The lowest BCUT2D eigenvalue weighted by molar-refractivity contribution is 0.0736. The molecule has 1 unspecified atom stereocenters. The van der Waals surface area contributed by atoms with E-state index in [0.717, 1.165) is 29.1 Å². The lowest BCUT2D eigenvalue weighted by Crippen LogP contribution is -2.32. The molecule has 0 spiro atoms. The monoisotopic (exact) mass is 357 g/mol. The molecule has 0 saturated carbocycles. The van der Waals surface area contributed by atoms with Crippen molar-refractivity contribution in [3.63, 3.8) is 0 Å². The van der Waals surface area contributed by atoms with Crippen molar-refractivity contribution in [2.75, 3.05) is 26.0 Å². The van der Waals surface area contributed by atoms with Crippen molar-refractivity contribution >= 4 is 28.6 Å². The molecule has 6 heteroatoms. The van der Waals surface area contributed by atoms with Crippen LogP contribution in [0.2, 0.25) is 0 Å². The Bertz CT molecular complexity index is 871. The molecule has 1 fully saturated rings. The molecule has 0 radical (unpaired) electrons. The van der Waals surface area contributed by atoms with Crippen molar-refractivity contribution in [1.29, 1.82) is 0 Å². The minimum Gasteiger partial charge on any atom is -0.497 e. The molecule has 2 aromatic heterocycles. The minimum absolute atomic E-state index is 0.0594. The normalized spacial score (nSPS) is 18.3. The van der Waals surface area contributed by atoms with E-state index < -0.39 is 0 Å². The van der Waals surface area contributed by atoms with Gasteiger partial charge in [0.25, 0.3) is 5.91 Å². The lowest BCUT2D eigenvalue weighted by atomic mass is 10.2. The SMILES string of the molecule is COc1ccc2oc(C(=O)N3CCSC(c4ccco4)CC3)cc2c1. The molecule has 1 aromatic carbocycles. The summed E-state index contributed by atoms with van der Waals surface area (Å²) >= 11 is 1.83. The first-order valence-corrected chi connectivity index (χ1v) is 9.31. The van der Waals surface area contributed by atoms with Crippen molar-refractivity contribution in [3.8, 4) is 5.75 Å². The van der Waals surface area contributed by atoms with E-state index in [-0.39, 0.29) is 5.91 Å². The molecule has 25 heavy (non-hydrogen) atoms. The fourth-order valence-electron chi connectivity index (χ4n) is 3.08. The molecule has 1 aliphatic heterocycles. The number of ether oxygens (including phenoxy) is 1. The summed E-state index contributed by atoms with van der Waals surface area (Å²) in [6.07, 6.45) is 2.57. The van der Waals surface area contributed by atoms with Gasteiger partial charge in [-0.25, -0.2) is 0 Å². The zero-order valence-corrected chi connectivity index (χ0v) is 14.8. The van der Waals surface area contributed by atoms with Crippen molar-refractivity contribution < 1.29 is 18.4 Å². The average Bonchev–Trinajstić information content (AvgIpc) is 3.25. The van der Waals surface area contributed by atoms with E-state index >= 15 is 0 Å². The van der Waals surface area contributed by atoms with Crippen LogP contribution in [0.5, 0.6) is 5.75 Å². The number of furan rings is 2. The number of methoxy groups -OCH3 is 1. The predicted molar refractivity (Wildman–Crippen MR) is 97.2 cm³/mol. The quantitative estimate of drug-likeness (QED) is 0.697. The Morgan fingerprint density at radius 3 is 3.00 bits per heavy atom. The summed E-state index contributed by atoms with van der Waals surface area (Å²) in [5.74, 6) is 2.93. The zero-order chi connectivity index (χ0) is 17.2. The second-order valence-electron chi connectivity index (χ2n) is 5.97. The summed E-state index contributed by atoms with van der Waals surface area (Å²) in [6.45, 7) is 1.40. The number of hydrogen-bond donors (Lipinski definition) is 0. The molecule has 1 amide bonds. The fraction of sp³-hybridized carbons (Fsp3) is 0.316. The predicted octanol–water partition coefficient (Wildman–Crippen LogP) is 4.35. The Morgan fingerprint density at radius 2 is 2.20 bits per heavy atom. The van der Waals surface area contributed by atoms with Crippen LogP contribution in [0.4, 0.5) is 0 Å². The lowest BCUT2D eigenvalue weighted by Gasteiger charge is -2.18. The van der Waals surface area contributed by atoms with Gasteiger partial charge in [0, 0.05) is 24.2 Å². The van der Waals surface area contributed by atoms with E-state index in [1.54, 1.807) is 19.4 Å². The minimum atomic E-state index is -0.0594. The first kappa shape index (κ1) is 16.1. The van der Waals surface area contributed by atoms with Crippen LogP contribution < -0.4 is 4.74 Å². The van der Waals surface area contributed by atoms with Crippen LogP contribution in [-0.2, 0) is 0 Å². The molecule has 0 N–H and O–H groups in total. The van der Waals surface area contributed by atoms with Crippen molar-refractivity contribution in [3.05, 3.63) is 54.2 Å². The van der Waals surface area contributed by atoms with Crippen LogP contribution in [0.3, 0.4) is 0 Å². The molecule has 1 atom stereocenters. The Hall–Kier alpha value is -2.34. The maximum Gasteiger partial charge on any atom is 0.289 e. The van der Waals surface area contributed by atoms with E-state index in [1.807, 2.05) is 47.0 Å². The molecule has 1 aliphatic rings. The van der Waals surface area contributed by atoms with E-state index in [0.29, 0.717) is 29.7 Å². The summed E-state index contributed by atoms with van der Waals surface area (Å²) in [7, 11) is 1.62.